The highest BCUT2D eigenvalue weighted by Gasteiger charge is 2.50. The van der Waals surface area contributed by atoms with E-state index in [1.807, 2.05) is 30.3 Å². The van der Waals surface area contributed by atoms with Crippen LogP contribution in [0.3, 0.4) is 0 Å². The fraction of sp³-hybridized carbons (Fsp3) is 0.400. The van der Waals surface area contributed by atoms with Crippen molar-refractivity contribution in [3.63, 3.8) is 0 Å². The van der Waals surface area contributed by atoms with Crippen LogP contribution >= 0.6 is 0 Å². The van der Waals surface area contributed by atoms with Crippen LogP contribution in [-0.4, -0.2) is 64.4 Å². The Morgan fingerprint density at radius 3 is 2.41 bits per heavy atom. The Balaban J connectivity index is 1.33. The SMILES string of the molecule is C=CC(=CC=Cc1cccc(NC(=O)C2CC2)c1)C(=O)N1CCN(C(=O)C2(O)CC2)CC1. The summed E-state index contributed by atoms with van der Waals surface area (Å²) in [5, 5.41) is 12.9. The third kappa shape index (κ3) is 5.16. The van der Waals surface area contributed by atoms with Crippen LogP contribution < -0.4 is 5.32 Å². The van der Waals surface area contributed by atoms with Gasteiger partial charge in [0, 0.05) is 43.4 Å². The summed E-state index contributed by atoms with van der Waals surface area (Å²) in [4.78, 5) is 40.4. The molecule has 3 aliphatic rings. The largest absolute Gasteiger partial charge is 0.380 e. The van der Waals surface area contributed by atoms with E-state index < -0.39 is 5.60 Å². The van der Waals surface area contributed by atoms with E-state index in [0.717, 1.165) is 24.1 Å². The molecule has 3 fully saturated rings. The van der Waals surface area contributed by atoms with E-state index in [-0.39, 0.29) is 23.6 Å². The average molecular weight is 436 g/mol. The summed E-state index contributed by atoms with van der Waals surface area (Å²) < 4.78 is 0. The maximum Gasteiger partial charge on any atom is 0.254 e. The zero-order valence-electron chi connectivity index (χ0n) is 18.1. The number of allylic oxidation sites excluding steroid dienone is 2. The van der Waals surface area contributed by atoms with Gasteiger partial charge in [-0.25, -0.2) is 0 Å². The fourth-order valence-corrected chi connectivity index (χ4v) is 3.72. The van der Waals surface area contributed by atoms with Crippen LogP contribution in [0, 0.1) is 5.92 Å². The Hall–Kier alpha value is -3.19. The normalized spacial score (nSPS) is 20.2. The first kappa shape index (κ1) is 22.0. The Morgan fingerprint density at radius 1 is 1.09 bits per heavy atom. The number of carbonyl (C=O) groups is 3. The van der Waals surface area contributed by atoms with Gasteiger partial charge in [0.1, 0.15) is 5.60 Å². The molecule has 3 amide bonds. The number of amides is 3. The van der Waals surface area contributed by atoms with Crippen molar-refractivity contribution in [2.75, 3.05) is 31.5 Å². The number of nitrogens with zero attached hydrogens (tertiary/aromatic N) is 2. The van der Waals surface area contributed by atoms with E-state index in [9.17, 15) is 19.5 Å². The van der Waals surface area contributed by atoms with Crippen LogP contribution in [0.15, 0.2) is 54.6 Å². The molecule has 0 bridgehead atoms. The van der Waals surface area contributed by atoms with Gasteiger partial charge in [-0.2, -0.15) is 0 Å². The molecule has 2 saturated carbocycles. The van der Waals surface area contributed by atoms with E-state index in [1.54, 1.807) is 22.0 Å². The Bertz CT molecular complexity index is 981. The third-order valence-corrected chi connectivity index (χ3v) is 6.11. The van der Waals surface area contributed by atoms with Gasteiger partial charge in [-0.05, 0) is 49.5 Å². The zero-order chi connectivity index (χ0) is 22.7. The Kier molecular flexibility index (Phi) is 6.28. The van der Waals surface area contributed by atoms with Crippen LogP contribution in [-0.2, 0) is 14.4 Å². The monoisotopic (exact) mass is 435 g/mol. The molecule has 1 aromatic rings. The lowest BCUT2D eigenvalue weighted by atomic mass is 10.1. The number of hydrogen-bond acceptors (Lipinski definition) is 4. The quantitative estimate of drug-likeness (QED) is 0.508. The number of piperazine rings is 1. The predicted octanol–water partition coefficient (Wildman–Crippen LogP) is 2.36. The minimum Gasteiger partial charge on any atom is -0.380 e. The summed E-state index contributed by atoms with van der Waals surface area (Å²) in [5.41, 5.74) is 0.980. The van der Waals surface area contributed by atoms with Gasteiger partial charge in [0.05, 0.1) is 0 Å². The molecule has 0 atom stereocenters. The van der Waals surface area contributed by atoms with E-state index in [1.165, 1.54) is 6.08 Å². The molecule has 0 spiro atoms. The lowest BCUT2D eigenvalue weighted by Gasteiger charge is -2.36. The van der Waals surface area contributed by atoms with Gasteiger partial charge in [0.15, 0.2) is 0 Å². The molecule has 0 aromatic heterocycles. The van der Waals surface area contributed by atoms with E-state index in [2.05, 4.69) is 11.9 Å². The highest BCUT2D eigenvalue weighted by Crippen LogP contribution is 2.37. The summed E-state index contributed by atoms with van der Waals surface area (Å²) >= 11 is 0. The maximum absolute atomic E-state index is 12.9. The van der Waals surface area contributed by atoms with Gasteiger partial charge in [-0.15, -0.1) is 0 Å². The van der Waals surface area contributed by atoms with Crippen LogP contribution in [0.5, 0.6) is 0 Å². The second-order valence-corrected chi connectivity index (χ2v) is 8.69. The van der Waals surface area contributed by atoms with Crippen molar-refractivity contribution in [2.24, 2.45) is 5.92 Å². The highest BCUT2D eigenvalue weighted by molar-refractivity contribution is 5.97. The second kappa shape index (κ2) is 9.12. The van der Waals surface area contributed by atoms with Crippen molar-refractivity contribution in [1.82, 2.24) is 9.80 Å². The molecule has 2 aliphatic carbocycles. The highest BCUT2D eigenvalue weighted by atomic mass is 16.3. The summed E-state index contributed by atoms with van der Waals surface area (Å²) in [5.74, 6) is -0.134. The van der Waals surface area contributed by atoms with Crippen LogP contribution in [0.1, 0.15) is 31.2 Å². The smallest absolute Gasteiger partial charge is 0.254 e. The van der Waals surface area contributed by atoms with Gasteiger partial charge in [-0.3, -0.25) is 14.4 Å². The van der Waals surface area contributed by atoms with Crippen molar-refractivity contribution in [3.8, 4) is 0 Å². The molecular formula is C25H29N3O4. The van der Waals surface area contributed by atoms with Gasteiger partial charge < -0.3 is 20.2 Å². The number of carbonyl (C=O) groups excluding carboxylic acids is 3. The van der Waals surface area contributed by atoms with Crippen LogP contribution in [0.2, 0.25) is 0 Å². The number of benzene rings is 1. The third-order valence-electron chi connectivity index (χ3n) is 6.11. The summed E-state index contributed by atoms with van der Waals surface area (Å²) in [6.07, 6.45) is 9.88. The van der Waals surface area contributed by atoms with Crippen molar-refractivity contribution in [1.29, 1.82) is 0 Å². The van der Waals surface area contributed by atoms with Gasteiger partial charge in [-0.1, -0.05) is 36.9 Å². The lowest BCUT2D eigenvalue weighted by molar-refractivity contribution is -0.146. The summed E-state index contributed by atoms with van der Waals surface area (Å²) in [6, 6.07) is 7.56. The summed E-state index contributed by atoms with van der Waals surface area (Å²) in [7, 11) is 0. The molecule has 168 valence electrons. The summed E-state index contributed by atoms with van der Waals surface area (Å²) in [6.45, 7) is 5.46. The molecule has 1 aliphatic heterocycles. The first-order valence-corrected chi connectivity index (χ1v) is 11.1. The molecule has 4 rings (SSSR count). The van der Waals surface area contributed by atoms with E-state index in [4.69, 9.17) is 0 Å². The predicted molar refractivity (Wildman–Crippen MR) is 122 cm³/mol. The van der Waals surface area contributed by atoms with Gasteiger partial charge in [0.2, 0.25) is 5.91 Å². The topological polar surface area (TPSA) is 90.0 Å². The minimum absolute atomic E-state index is 0.0682. The van der Waals surface area contributed by atoms with Crippen molar-refractivity contribution >= 4 is 29.5 Å². The van der Waals surface area contributed by atoms with Crippen LogP contribution in [0.25, 0.3) is 6.08 Å². The minimum atomic E-state index is -1.17. The molecule has 0 unspecified atom stereocenters. The number of nitrogens with one attached hydrogen (secondary N) is 1. The van der Waals surface area contributed by atoms with Crippen molar-refractivity contribution in [2.45, 2.75) is 31.3 Å². The molecule has 32 heavy (non-hydrogen) atoms. The molecular weight excluding hydrogens is 406 g/mol. The molecule has 2 N–H and O–H groups in total. The number of rotatable bonds is 7. The van der Waals surface area contributed by atoms with Gasteiger partial charge >= 0.3 is 0 Å². The molecule has 7 nitrogen and oxygen atoms in total. The number of aliphatic hydroxyl groups is 1. The lowest BCUT2D eigenvalue weighted by Crippen LogP contribution is -2.53. The Morgan fingerprint density at radius 2 is 1.78 bits per heavy atom. The number of anilines is 1. The second-order valence-electron chi connectivity index (χ2n) is 8.69. The van der Waals surface area contributed by atoms with E-state index >= 15 is 0 Å². The zero-order valence-corrected chi connectivity index (χ0v) is 18.1. The average Bonchev–Trinajstić information content (AvgIpc) is 3.73. The molecule has 7 heteroatoms. The first-order chi connectivity index (χ1) is 15.4. The molecule has 1 heterocycles. The van der Waals surface area contributed by atoms with Crippen molar-refractivity contribution < 1.29 is 19.5 Å². The standard InChI is InChI=1S/C25H29N3O4/c1-2-19(23(30)27-13-15-28(16-14-27)24(31)25(32)11-12-25)7-3-5-18-6-4-8-21(17-18)26-22(29)20-9-10-20/h2-8,17,20,32H,1,9-16H2,(H,26,29). The van der Waals surface area contributed by atoms with E-state index in [0.29, 0.717) is 44.6 Å². The maximum atomic E-state index is 12.9. The number of hydrogen-bond donors (Lipinski definition) is 2. The molecule has 0 radical (unpaired) electrons. The fourth-order valence-electron chi connectivity index (χ4n) is 3.72. The first-order valence-electron chi connectivity index (χ1n) is 11.1. The van der Waals surface area contributed by atoms with Gasteiger partial charge in [0.25, 0.3) is 11.8 Å². The van der Waals surface area contributed by atoms with Crippen molar-refractivity contribution in [3.05, 3.63) is 60.2 Å². The Labute approximate surface area is 188 Å². The molecule has 1 aromatic carbocycles. The molecule has 1 saturated heterocycles. The van der Waals surface area contributed by atoms with Crippen LogP contribution in [0.4, 0.5) is 5.69 Å².